The van der Waals surface area contributed by atoms with Gasteiger partial charge in [0.05, 0.1) is 0 Å². The Morgan fingerprint density at radius 3 is 2.47 bits per heavy atom. The fourth-order valence-corrected chi connectivity index (χ4v) is 1.92. The van der Waals surface area contributed by atoms with E-state index in [1.54, 1.807) is 0 Å². The van der Waals surface area contributed by atoms with E-state index in [1.807, 2.05) is 12.1 Å². The molecular formula is C14H23N3. The van der Waals surface area contributed by atoms with Crippen molar-refractivity contribution in [1.82, 2.24) is 4.90 Å². The van der Waals surface area contributed by atoms with E-state index in [4.69, 9.17) is 11.1 Å². The summed E-state index contributed by atoms with van der Waals surface area (Å²) in [7, 11) is 0. The highest BCUT2D eigenvalue weighted by Gasteiger charge is 2.09. The number of rotatable bonds is 5. The molecule has 1 aromatic rings. The monoisotopic (exact) mass is 233 g/mol. The molecule has 17 heavy (non-hydrogen) atoms. The van der Waals surface area contributed by atoms with Crippen molar-refractivity contribution in [2.24, 2.45) is 5.73 Å². The minimum absolute atomic E-state index is 0.135. The number of amidine groups is 1. The topological polar surface area (TPSA) is 53.1 Å². The first kappa shape index (κ1) is 13.7. The van der Waals surface area contributed by atoms with Gasteiger partial charge in [-0.3, -0.25) is 10.3 Å². The Balaban J connectivity index is 2.89. The Hall–Kier alpha value is -1.35. The van der Waals surface area contributed by atoms with Crippen LogP contribution in [0.15, 0.2) is 18.2 Å². The molecule has 0 atom stereocenters. The van der Waals surface area contributed by atoms with Gasteiger partial charge in [0, 0.05) is 18.2 Å². The SMILES string of the molecule is CCN(Cc1ccc(C(=N)N)cc1C)C(C)C. The maximum Gasteiger partial charge on any atom is 0.122 e. The normalized spacial score (nSPS) is 11.2. The van der Waals surface area contributed by atoms with Gasteiger partial charge in [0.2, 0.25) is 0 Å². The lowest BCUT2D eigenvalue weighted by Crippen LogP contribution is -2.30. The number of nitrogen functional groups attached to an aromatic ring is 1. The summed E-state index contributed by atoms with van der Waals surface area (Å²) in [5, 5.41) is 7.42. The molecule has 0 aliphatic carbocycles. The zero-order valence-electron chi connectivity index (χ0n) is 11.2. The van der Waals surface area contributed by atoms with E-state index in [0.717, 1.165) is 18.7 Å². The Kier molecular flexibility index (Phi) is 4.70. The van der Waals surface area contributed by atoms with Gasteiger partial charge in [-0.2, -0.15) is 0 Å². The molecule has 0 amide bonds. The quantitative estimate of drug-likeness (QED) is 0.606. The summed E-state index contributed by atoms with van der Waals surface area (Å²) < 4.78 is 0. The highest BCUT2D eigenvalue weighted by molar-refractivity contribution is 5.95. The van der Waals surface area contributed by atoms with Crippen LogP contribution in [-0.4, -0.2) is 23.3 Å². The second kappa shape index (κ2) is 5.82. The molecular weight excluding hydrogens is 210 g/mol. The van der Waals surface area contributed by atoms with Gasteiger partial charge in [-0.05, 0) is 44.5 Å². The summed E-state index contributed by atoms with van der Waals surface area (Å²) in [5.41, 5.74) is 8.80. The largest absolute Gasteiger partial charge is 0.384 e. The summed E-state index contributed by atoms with van der Waals surface area (Å²) >= 11 is 0. The molecule has 0 fully saturated rings. The number of aryl methyl sites for hydroxylation is 1. The average molecular weight is 233 g/mol. The van der Waals surface area contributed by atoms with E-state index in [2.05, 4.69) is 38.7 Å². The minimum Gasteiger partial charge on any atom is -0.384 e. The van der Waals surface area contributed by atoms with Crippen LogP contribution in [0.5, 0.6) is 0 Å². The Morgan fingerprint density at radius 2 is 2.06 bits per heavy atom. The Bertz CT molecular complexity index is 396. The van der Waals surface area contributed by atoms with Crippen molar-refractivity contribution < 1.29 is 0 Å². The van der Waals surface area contributed by atoms with Crippen LogP contribution < -0.4 is 5.73 Å². The molecule has 0 aromatic heterocycles. The maximum atomic E-state index is 7.42. The third-order valence-corrected chi connectivity index (χ3v) is 3.16. The summed E-state index contributed by atoms with van der Waals surface area (Å²) in [4.78, 5) is 2.41. The van der Waals surface area contributed by atoms with E-state index >= 15 is 0 Å². The smallest absolute Gasteiger partial charge is 0.122 e. The lowest BCUT2D eigenvalue weighted by atomic mass is 10.0. The van der Waals surface area contributed by atoms with Crippen LogP contribution in [0.3, 0.4) is 0 Å². The zero-order valence-corrected chi connectivity index (χ0v) is 11.2. The standard InChI is InChI=1S/C14H23N3/c1-5-17(10(2)3)9-13-7-6-12(14(15)16)8-11(13)4/h6-8,10H,5,9H2,1-4H3,(H3,15,16). The first-order valence-corrected chi connectivity index (χ1v) is 6.13. The van der Waals surface area contributed by atoms with Crippen LogP contribution in [0, 0.1) is 12.3 Å². The van der Waals surface area contributed by atoms with Crippen LogP contribution in [0.2, 0.25) is 0 Å². The third-order valence-electron chi connectivity index (χ3n) is 3.16. The van der Waals surface area contributed by atoms with Crippen LogP contribution in [0.25, 0.3) is 0 Å². The highest BCUT2D eigenvalue weighted by Crippen LogP contribution is 2.14. The summed E-state index contributed by atoms with van der Waals surface area (Å²) in [5.74, 6) is 0.135. The van der Waals surface area contributed by atoms with E-state index < -0.39 is 0 Å². The van der Waals surface area contributed by atoms with Crippen molar-refractivity contribution in [3.05, 3.63) is 34.9 Å². The zero-order chi connectivity index (χ0) is 13.0. The molecule has 0 radical (unpaired) electrons. The molecule has 3 nitrogen and oxygen atoms in total. The number of nitrogens with one attached hydrogen (secondary N) is 1. The van der Waals surface area contributed by atoms with E-state index in [0.29, 0.717) is 6.04 Å². The van der Waals surface area contributed by atoms with Gasteiger partial charge >= 0.3 is 0 Å². The third kappa shape index (κ3) is 3.56. The van der Waals surface area contributed by atoms with Gasteiger partial charge in [0.25, 0.3) is 0 Å². The average Bonchev–Trinajstić information content (AvgIpc) is 2.26. The molecule has 0 spiro atoms. The number of hydrogen-bond acceptors (Lipinski definition) is 2. The van der Waals surface area contributed by atoms with Crippen molar-refractivity contribution in [1.29, 1.82) is 5.41 Å². The molecule has 0 heterocycles. The first-order chi connectivity index (χ1) is 7.95. The summed E-state index contributed by atoms with van der Waals surface area (Å²) in [6.07, 6.45) is 0. The molecule has 3 N–H and O–H groups in total. The number of nitrogens with zero attached hydrogens (tertiary/aromatic N) is 1. The molecule has 0 saturated heterocycles. The van der Waals surface area contributed by atoms with E-state index in [1.165, 1.54) is 11.1 Å². The molecule has 0 bridgehead atoms. The molecule has 1 aromatic carbocycles. The van der Waals surface area contributed by atoms with Crippen molar-refractivity contribution >= 4 is 5.84 Å². The number of hydrogen-bond donors (Lipinski definition) is 2. The summed E-state index contributed by atoms with van der Waals surface area (Å²) in [6, 6.07) is 6.55. The van der Waals surface area contributed by atoms with E-state index in [9.17, 15) is 0 Å². The lowest BCUT2D eigenvalue weighted by molar-refractivity contribution is 0.224. The van der Waals surface area contributed by atoms with Gasteiger partial charge in [-0.1, -0.05) is 19.1 Å². The van der Waals surface area contributed by atoms with Gasteiger partial charge in [0.15, 0.2) is 0 Å². The van der Waals surface area contributed by atoms with Crippen LogP contribution in [-0.2, 0) is 6.54 Å². The molecule has 0 aliphatic rings. The molecule has 0 saturated carbocycles. The number of benzene rings is 1. The second-order valence-electron chi connectivity index (χ2n) is 4.71. The van der Waals surface area contributed by atoms with Crippen molar-refractivity contribution in [2.75, 3.05) is 6.54 Å². The fourth-order valence-electron chi connectivity index (χ4n) is 1.92. The predicted molar refractivity (Wildman–Crippen MR) is 73.4 cm³/mol. The van der Waals surface area contributed by atoms with Crippen LogP contribution >= 0.6 is 0 Å². The van der Waals surface area contributed by atoms with Gasteiger partial charge < -0.3 is 5.73 Å². The van der Waals surface area contributed by atoms with E-state index in [-0.39, 0.29) is 5.84 Å². The van der Waals surface area contributed by atoms with Crippen molar-refractivity contribution in [2.45, 2.75) is 40.3 Å². The minimum atomic E-state index is 0.135. The molecule has 3 heteroatoms. The molecule has 94 valence electrons. The van der Waals surface area contributed by atoms with Crippen molar-refractivity contribution in [3.63, 3.8) is 0 Å². The molecule has 0 aliphatic heterocycles. The number of nitrogens with two attached hydrogens (primary N) is 1. The Labute approximate surface area is 104 Å². The van der Waals surface area contributed by atoms with Gasteiger partial charge in [0.1, 0.15) is 5.84 Å². The van der Waals surface area contributed by atoms with Gasteiger partial charge in [-0.15, -0.1) is 0 Å². The van der Waals surface area contributed by atoms with Gasteiger partial charge in [-0.25, -0.2) is 0 Å². The van der Waals surface area contributed by atoms with Crippen LogP contribution in [0.4, 0.5) is 0 Å². The maximum absolute atomic E-state index is 7.42. The lowest BCUT2D eigenvalue weighted by Gasteiger charge is -2.25. The van der Waals surface area contributed by atoms with Crippen LogP contribution in [0.1, 0.15) is 37.5 Å². The van der Waals surface area contributed by atoms with Crippen molar-refractivity contribution in [3.8, 4) is 0 Å². The second-order valence-corrected chi connectivity index (χ2v) is 4.71. The predicted octanol–water partition coefficient (Wildman–Crippen LogP) is 2.51. The first-order valence-electron chi connectivity index (χ1n) is 6.13. The Morgan fingerprint density at radius 1 is 1.41 bits per heavy atom. The fraction of sp³-hybridized carbons (Fsp3) is 0.500. The highest BCUT2D eigenvalue weighted by atomic mass is 15.1. The molecule has 0 unspecified atom stereocenters. The summed E-state index contributed by atoms with van der Waals surface area (Å²) in [6.45, 7) is 10.7. The molecule has 1 rings (SSSR count).